The summed E-state index contributed by atoms with van der Waals surface area (Å²) in [4.78, 5) is 8.13. The third-order valence-electron chi connectivity index (χ3n) is 1.97. The van der Waals surface area contributed by atoms with Crippen LogP contribution in [0.2, 0.25) is 0 Å². The van der Waals surface area contributed by atoms with E-state index in [0.29, 0.717) is 0 Å². The maximum atomic E-state index is 4.31. The van der Waals surface area contributed by atoms with E-state index >= 15 is 0 Å². The van der Waals surface area contributed by atoms with Crippen LogP contribution in [0, 0.1) is 0 Å². The normalized spacial score (nSPS) is 21.2. The fourth-order valence-corrected chi connectivity index (χ4v) is 1.26. The highest BCUT2D eigenvalue weighted by Crippen LogP contribution is 2.15. The number of nitrogens with one attached hydrogen (secondary N) is 2. The van der Waals surface area contributed by atoms with Gasteiger partial charge >= 0.3 is 0 Å². The van der Waals surface area contributed by atoms with Crippen LogP contribution in [0.25, 0.3) is 0 Å². The molecular weight excluding hydrogens is 164 g/mol. The number of aliphatic imine (C=N–C) groups is 2. The highest BCUT2D eigenvalue weighted by molar-refractivity contribution is 6.16. The molecule has 0 aromatic carbocycles. The zero-order chi connectivity index (χ0) is 9.90. The molecule has 2 N–H and O–H groups in total. The zero-order valence-corrected chi connectivity index (χ0v) is 8.55. The Labute approximate surface area is 78.9 Å². The monoisotopic (exact) mass is 180 g/mol. The Morgan fingerprint density at radius 1 is 1.15 bits per heavy atom. The minimum Gasteiger partial charge on any atom is -0.347 e. The van der Waals surface area contributed by atoms with Crippen LogP contribution in [0.3, 0.4) is 0 Å². The highest BCUT2D eigenvalue weighted by Gasteiger charge is 2.27. The average molecular weight is 180 g/mol. The van der Waals surface area contributed by atoms with Crippen LogP contribution < -0.4 is 10.6 Å². The van der Waals surface area contributed by atoms with Crippen LogP contribution in [0.15, 0.2) is 21.4 Å². The topological polar surface area (TPSA) is 48.8 Å². The molecule has 0 saturated heterocycles. The van der Waals surface area contributed by atoms with Crippen molar-refractivity contribution in [3.05, 3.63) is 11.4 Å². The fraction of sp³-hybridized carbons (Fsp3) is 0.556. The van der Waals surface area contributed by atoms with Crippen LogP contribution in [0.4, 0.5) is 0 Å². The van der Waals surface area contributed by atoms with E-state index in [1.165, 1.54) is 0 Å². The molecule has 0 aromatic heterocycles. The van der Waals surface area contributed by atoms with Gasteiger partial charge in [-0.25, -0.2) is 4.99 Å². The minimum atomic E-state index is -0.407. The number of nitrogens with zero attached hydrogens (tertiary/aromatic N) is 2. The van der Waals surface area contributed by atoms with Crippen molar-refractivity contribution in [2.45, 2.75) is 26.6 Å². The Morgan fingerprint density at radius 3 is 2.15 bits per heavy atom. The van der Waals surface area contributed by atoms with E-state index in [0.717, 1.165) is 11.4 Å². The van der Waals surface area contributed by atoms with Crippen molar-refractivity contribution in [1.29, 1.82) is 0 Å². The van der Waals surface area contributed by atoms with Gasteiger partial charge in [0.05, 0.1) is 0 Å². The predicted molar refractivity (Wildman–Crippen MR) is 56.0 cm³/mol. The first kappa shape index (κ1) is 9.77. The first-order valence-corrected chi connectivity index (χ1v) is 4.27. The molecule has 4 heteroatoms. The van der Waals surface area contributed by atoms with Crippen molar-refractivity contribution in [2.24, 2.45) is 9.98 Å². The Morgan fingerprint density at radius 2 is 1.69 bits per heavy atom. The van der Waals surface area contributed by atoms with Gasteiger partial charge in [0.1, 0.15) is 0 Å². The number of rotatable bonds is 2. The molecule has 0 bridgehead atoms. The number of hydrogen-bond donors (Lipinski definition) is 2. The van der Waals surface area contributed by atoms with Crippen molar-refractivity contribution in [3.8, 4) is 0 Å². The second-order valence-electron chi connectivity index (χ2n) is 3.26. The van der Waals surface area contributed by atoms with Gasteiger partial charge in [0, 0.05) is 30.9 Å². The van der Waals surface area contributed by atoms with Gasteiger partial charge in [0.25, 0.3) is 0 Å². The highest BCUT2D eigenvalue weighted by atomic mass is 15.4. The summed E-state index contributed by atoms with van der Waals surface area (Å²) in [7, 11) is 1.72. The Kier molecular flexibility index (Phi) is 2.70. The van der Waals surface area contributed by atoms with E-state index < -0.39 is 5.79 Å². The molecule has 0 amide bonds. The molecule has 4 nitrogen and oxygen atoms in total. The van der Waals surface area contributed by atoms with E-state index in [-0.39, 0.29) is 0 Å². The van der Waals surface area contributed by atoms with Crippen molar-refractivity contribution < 1.29 is 0 Å². The Hall–Kier alpha value is -1.32. The SMILES string of the molecule is CN=CC=NC1(C)NC(C)=C(C)N1. The molecule has 0 atom stereocenters. The molecule has 72 valence electrons. The van der Waals surface area contributed by atoms with Gasteiger partial charge in [-0.05, 0) is 20.8 Å². The van der Waals surface area contributed by atoms with Gasteiger partial charge in [0.15, 0.2) is 0 Å². The summed E-state index contributed by atoms with van der Waals surface area (Å²) in [6.07, 6.45) is 3.35. The summed E-state index contributed by atoms with van der Waals surface area (Å²) >= 11 is 0. The second-order valence-corrected chi connectivity index (χ2v) is 3.26. The largest absolute Gasteiger partial charge is 0.347 e. The lowest BCUT2D eigenvalue weighted by molar-refractivity contribution is 0.392. The minimum absolute atomic E-state index is 0.407. The first-order valence-electron chi connectivity index (χ1n) is 4.27. The third kappa shape index (κ3) is 2.31. The first-order chi connectivity index (χ1) is 6.07. The Bertz CT molecular complexity index is 261. The van der Waals surface area contributed by atoms with Crippen molar-refractivity contribution >= 4 is 12.4 Å². The summed E-state index contributed by atoms with van der Waals surface area (Å²) in [5.41, 5.74) is 2.26. The van der Waals surface area contributed by atoms with E-state index in [2.05, 4.69) is 20.6 Å². The van der Waals surface area contributed by atoms with Gasteiger partial charge in [-0.15, -0.1) is 0 Å². The summed E-state index contributed by atoms with van der Waals surface area (Å²) in [5.74, 6) is -0.407. The molecule has 0 fully saturated rings. The summed E-state index contributed by atoms with van der Waals surface area (Å²) in [5, 5.41) is 6.50. The van der Waals surface area contributed by atoms with Crippen LogP contribution in [-0.4, -0.2) is 25.3 Å². The van der Waals surface area contributed by atoms with Crippen LogP contribution in [-0.2, 0) is 0 Å². The molecule has 1 aliphatic rings. The van der Waals surface area contributed by atoms with Gasteiger partial charge in [-0.2, -0.15) is 0 Å². The predicted octanol–water partition coefficient (Wildman–Crippen LogP) is 0.876. The summed E-state index contributed by atoms with van der Waals surface area (Å²) in [6, 6.07) is 0. The van der Waals surface area contributed by atoms with Crippen molar-refractivity contribution in [3.63, 3.8) is 0 Å². The molecular formula is C9H16N4. The van der Waals surface area contributed by atoms with Crippen LogP contribution in [0.1, 0.15) is 20.8 Å². The maximum Gasteiger partial charge on any atom is 0.201 e. The third-order valence-corrected chi connectivity index (χ3v) is 1.97. The van der Waals surface area contributed by atoms with Crippen LogP contribution in [0.5, 0.6) is 0 Å². The maximum absolute atomic E-state index is 4.31. The van der Waals surface area contributed by atoms with E-state index in [9.17, 15) is 0 Å². The van der Waals surface area contributed by atoms with Crippen molar-refractivity contribution in [2.75, 3.05) is 7.05 Å². The van der Waals surface area contributed by atoms with E-state index in [1.807, 2.05) is 20.8 Å². The lowest BCUT2D eigenvalue weighted by atomic mass is 10.4. The molecule has 0 aliphatic carbocycles. The Balaban J connectivity index is 2.63. The van der Waals surface area contributed by atoms with Gasteiger partial charge in [0.2, 0.25) is 5.79 Å². The molecule has 0 aromatic rings. The number of allylic oxidation sites excluding steroid dienone is 2. The summed E-state index contributed by atoms with van der Waals surface area (Å²) in [6.45, 7) is 6.03. The standard InChI is InChI=1S/C9H16N4/c1-7-8(2)13-9(3,12-7)11-6-5-10-4/h5-6,12-13H,1-4H3. The fourth-order valence-electron chi connectivity index (χ4n) is 1.26. The van der Waals surface area contributed by atoms with Gasteiger partial charge in [-0.1, -0.05) is 0 Å². The molecule has 13 heavy (non-hydrogen) atoms. The molecule has 0 saturated carbocycles. The molecule has 1 heterocycles. The zero-order valence-electron chi connectivity index (χ0n) is 8.55. The number of hydrogen-bond acceptors (Lipinski definition) is 4. The average Bonchev–Trinajstić information content (AvgIpc) is 2.27. The lowest BCUT2D eigenvalue weighted by Crippen LogP contribution is -2.45. The van der Waals surface area contributed by atoms with Gasteiger partial charge in [-0.3, -0.25) is 4.99 Å². The van der Waals surface area contributed by atoms with Crippen molar-refractivity contribution in [1.82, 2.24) is 10.6 Å². The summed E-state index contributed by atoms with van der Waals surface area (Å²) < 4.78 is 0. The molecule has 0 spiro atoms. The van der Waals surface area contributed by atoms with E-state index in [1.54, 1.807) is 19.5 Å². The molecule has 1 aliphatic heterocycles. The van der Waals surface area contributed by atoms with Gasteiger partial charge < -0.3 is 10.6 Å². The quantitative estimate of drug-likeness (QED) is 0.620. The lowest BCUT2D eigenvalue weighted by Gasteiger charge is -2.21. The molecule has 0 radical (unpaired) electrons. The smallest absolute Gasteiger partial charge is 0.201 e. The van der Waals surface area contributed by atoms with Crippen LogP contribution >= 0.6 is 0 Å². The second kappa shape index (κ2) is 3.60. The molecule has 0 unspecified atom stereocenters. The van der Waals surface area contributed by atoms with E-state index in [4.69, 9.17) is 0 Å². The molecule has 1 rings (SSSR count).